The van der Waals surface area contributed by atoms with E-state index in [2.05, 4.69) is 18.0 Å². The highest BCUT2D eigenvalue weighted by molar-refractivity contribution is 5.10. The van der Waals surface area contributed by atoms with Crippen molar-refractivity contribution in [2.45, 2.75) is 32.3 Å². The Morgan fingerprint density at radius 1 is 1.50 bits per heavy atom. The molecule has 1 unspecified atom stereocenters. The molecular weight excluding hydrogens is 174 g/mol. The molecule has 1 fully saturated rings. The summed E-state index contributed by atoms with van der Waals surface area (Å²) in [6.07, 6.45) is 5.77. The Morgan fingerprint density at radius 3 is 2.93 bits per heavy atom. The third kappa shape index (κ3) is 2.32. The largest absolute Gasteiger partial charge is 0.372 e. The molecule has 14 heavy (non-hydrogen) atoms. The number of pyridine rings is 1. The highest BCUT2D eigenvalue weighted by Crippen LogP contribution is 2.42. The van der Waals surface area contributed by atoms with Crippen LogP contribution in [0.15, 0.2) is 24.4 Å². The van der Waals surface area contributed by atoms with Crippen molar-refractivity contribution in [3.63, 3.8) is 0 Å². The van der Waals surface area contributed by atoms with E-state index in [1.165, 1.54) is 12.8 Å². The molecule has 0 saturated heterocycles. The van der Waals surface area contributed by atoms with Crippen molar-refractivity contribution in [1.82, 2.24) is 4.98 Å². The molecule has 0 radical (unpaired) electrons. The summed E-state index contributed by atoms with van der Waals surface area (Å²) in [4.78, 5) is 4.37. The van der Waals surface area contributed by atoms with Gasteiger partial charge in [0.1, 0.15) is 6.10 Å². The zero-order chi connectivity index (χ0) is 9.80. The summed E-state index contributed by atoms with van der Waals surface area (Å²) in [5, 5.41) is 0. The van der Waals surface area contributed by atoms with E-state index in [9.17, 15) is 0 Å². The lowest BCUT2D eigenvalue weighted by atomic mass is 10.1. The highest BCUT2D eigenvalue weighted by atomic mass is 16.5. The van der Waals surface area contributed by atoms with E-state index in [1.807, 2.05) is 18.3 Å². The molecule has 1 saturated carbocycles. The SMILES string of the molecule is CCCOC(c1ccccn1)C1CC1. The lowest BCUT2D eigenvalue weighted by Gasteiger charge is -2.15. The fraction of sp³-hybridized carbons (Fsp3) is 0.583. The Morgan fingerprint density at radius 2 is 2.36 bits per heavy atom. The number of ether oxygens (including phenoxy) is 1. The fourth-order valence-electron chi connectivity index (χ4n) is 1.65. The first-order valence-electron chi connectivity index (χ1n) is 5.44. The topological polar surface area (TPSA) is 22.1 Å². The molecule has 1 heterocycles. The van der Waals surface area contributed by atoms with Gasteiger partial charge in [-0.25, -0.2) is 0 Å². The summed E-state index contributed by atoms with van der Waals surface area (Å²) in [5.41, 5.74) is 1.10. The molecule has 1 aromatic rings. The van der Waals surface area contributed by atoms with Gasteiger partial charge in [-0.15, -0.1) is 0 Å². The predicted molar refractivity (Wildman–Crippen MR) is 55.9 cm³/mol. The number of hydrogen-bond donors (Lipinski definition) is 0. The zero-order valence-corrected chi connectivity index (χ0v) is 8.65. The van der Waals surface area contributed by atoms with E-state index in [4.69, 9.17) is 4.74 Å². The Bertz CT molecular complexity index is 269. The maximum atomic E-state index is 5.84. The molecule has 0 bridgehead atoms. The number of aromatic nitrogens is 1. The van der Waals surface area contributed by atoms with Crippen LogP contribution in [0.2, 0.25) is 0 Å². The third-order valence-corrected chi connectivity index (χ3v) is 2.53. The summed E-state index contributed by atoms with van der Waals surface area (Å²) in [6.45, 7) is 2.99. The van der Waals surface area contributed by atoms with Crippen LogP contribution in [0, 0.1) is 5.92 Å². The molecule has 1 aliphatic carbocycles. The first-order chi connectivity index (χ1) is 6.92. The van der Waals surface area contributed by atoms with E-state index < -0.39 is 0 Å². The summed E-state index contributed by atoms with van der Waals surface area (Å²) in [6, 6.07) is 6.05. The smallest absolute Gasteiger partial charge is 0.102 e. The molecule has 2 rings (SSSR count). The van der Waals surface area contributed by atoms with Crippen molar-refractivity contribution >= 4 is 0 Å². The Kier molecular flexibility index (Phi) is 3.14. The highest BCUT2D eigenvalue weighted by Gasteiger charge is 2.33. The Balaban J connectivity index is 2.02. The monoisotopic (exact) mass is 191 g/mol. The molecule has 1 aromatic heterocycles. The average molecular weight is 191 g/mol. The van der Waals surface area contributed by atoms with Crippen LogP contribution in [0.1, 0.15) is 38.0 Å². The van der Waals surface area contributed by atoms with Crippen LogP contribution in [0.5, 0.6) is 0 Å². The zero-order valence-electron chi connectivity index (χ0n) is 8.65. The van der Waals surface area contributed by atoms with Crippen molar-refractivity contribution < 1.29 is 4.74 Å². The second kappa shape index (κ2) is 4.56. The van der Waals surface area contributed by atoms with Crippen molar-refractivity contribution in [2.75, 3.05) is 6.61 Å². The van der Waals surface area contributed by atoms with Gasteiger partial charge in [0.15, 0.2) is 0 Å². The van der Waals surface area contributed by atoms with Crippen molar-refractivity contribution in [3.05, 3.63) is 30.1 Å². The van der Waals surface area contributed by atoms with E-state index in [0.29, 0.717) is 0 Å². The number of nitrogens with zero attached hydrogens (tertiary/aromatic N) is 1. The summed E-state index contributed by atoms with van der Waals surface area (Å²) in [5.74, 6) is 0.719. The maximum absolute atomic E-state index is 5.84. The van der Waals surface area contributed by atoms with Gasteiger partial charge in [-0.1, -0.05) is 13.0 Å². The molecular formula is C12H17NO. The first-order valence-corrected chi connectivity index (χ1v) is 5.44. The van der Waals surface area contributed by atoms with E-state index >= 15 is 0 Å². The predicted octanol–water partition coefficient (Wildman–Crippen LogP) is 2.96. The van der Waals surface area contributed by atoms with Crippen LogP contribution in [0.25, 0.3) is 0 Å². The molecule has 2 nitrogen and oxygen atoms in total. The van der Waals surface area contributed by atoms with Crippen LogP contribution in [-0.2, 0) is 4.74 Å². The van der Waals surface area contributed by atoms with Gasteiger partial charge in [-0.05, 0) is 37.3 Å². The van der Waals surface area contributed by atoms with Crippen LogP contribution in [-0.4, -0.2) is 11.6 Å². The third-order valence-electron chi connectivity index (χ3n) is 2.53. The summed E-state index contributed by atoms with van der Waals surface area (Å²) >= 11 is 0. The van der Waals surface area contributed by atoms with Gasteiger partial charge in [-0.3, -0.25) is 4.98 Å². The van der Waals surface area contributed by atoms with Gasteiger partial charge >= 0.3 is 0 Å². The van der Waals surface area contributed by atoms with Crippen LogP contribution >= 0.6 is 0 Å². The van der Waals surface area contributed by atoms with Crippen LogP contribution in [0.3, 0.4) is 0 Å². The van der Waals surface area contributed by atoms with Crippen molar-refractivity contribution in [2.24, 2.45) is 5.92 Å². The van der Waals surface area contributed by atoms with Gasteiger partial charge in [0.05, 0.1) is 5.69 Å². The number of rotatable bonds is 5. The van der Waals surface area contributed by atoms with E-state index in [0.717, 1.165) is 24.6 Å². The molecule has 2 heteroatoms. The fourth-order valence-corrected chi connectivity index (χ4v) is 1.65. The average Bonchev–Trinajstić information content (AvgIpc) is 3.04. The van der Waals surface area contributed by atoms with Gasteiger partial charge in [0.2, 0.25) is 0 Å². The minimum absolute atomic E-state index is 0.246. The summed E-state index contributed by atoms with van der Waals surface area (Å²) < 4.78 is 5.84. The maximum Gasteiger partial charge on any atom is 0.102 e. The van der Waals surface area contributed by atoms with Gasteiger partial charge in [0.25, 0.3) is 0 Å². The molecule has 0 N–H and O–H groups in total. The lowest BCUT2D eigenvalue weighted by molar-refractivity contribution is 0.0347. The standard InChI is InChI=1S/C12H17NO/c1-2-9-14-12(10-6-7-10)11-5-3-4-8-13-11/h3-5,8,10,12H,2,6-7,9H2,1H3. The van der Waals surface area contributed by atoms with Gasteiger partial charge in [-0.2, -0.15) is 0 Å². The molecule has 1 atom stereocenters. The van der Waals surface area contributed by atoms with Gasteiger partial charge < -0.3 is 4.74 Å². The molecule has 76 valence electrons. The molecule has 1 aliphatic rings. The van der Waals surface area contributed by atoms with E-state index in [1.54, 1.807) is 0 Å². The van der Waals surface area contributed by atoms with Crippen LogP contribution in [0.4, 0.5) is 0 Å². The Labute approximate surface area is 85.3 Å². The second-order valence-corrected chi connectivity index (χ2v) is 3.88. The minimum Gasteiger partial charge on any atom is -0.372 e. The molecule has 0 amide bonds. The van der Waals surface area contributed by atoms with E-state index in [-0.39, 0.29) is 6.10 Å². The van der Waals surface area contributed by atoms with Crippen molar-refractivity contribution in [3.8, 4) is 0 Å². The van der Waals surface area contributed by atoms with Crippen LogP contribution < -0.4 is 0 Å². The minimum atomic E-state index is 0.246. The normalized spacial score (nSPS) is 18.1. The number of hydrogen-bond acceptors (Lipinski definition) is 2. The molecule has 0 aromatic carbocycles. The molecule has 0 spiro atoms. The second-order valence-electron chi connectivity index (χ2n) is 3.88. The molecule has 0 aliphatic heterocycles. The first kappa shape index (κ1) is 9.66. The quantitative estimate of drug-likeness (QED) is 0.713. The summed E-state index contributed by atoms with van der Waals surface area (Å²) in [7, 11) is 0. The van der Waals surface area contributed by atoms with Gasteiger partial charge in [0, 0.05) is 12.8 Å². The van der Waals surface area contributed by atoms with Crippen molar-refractivity contribution in [1.29, 1.82) is 0 Å². The Hall–Kier alpha value is -0.890. The lowest BCUT2D eigenvalue weighted by Crippen LogP contribution is -2.08.